The molecule has 0 fully saturated rings. The summed E-state index contributed by atoms with van der Waals surface area (Å²) in [5.74, 6) is -0.252. The quantitative estimate of drug-likeness (QED) is 0.631. The van der Waals surface area contributed by atoms with Crippen molar-refractivity contribution in [3.8, 4) is 0 Å². The van der Waals surface area contributed by atoms with E-state index in [1.54, 1.807) is 20.8 Å². The highest BCUT2D eigenvalue weighted by Gasteiger charge is 2.24. The van der Waals surface area contributed by atoms with Crippen molar-refractivity contribution in [1.82, 2.24) is 10.6 Å². The third-order valence-electron chi connectivity index (χ3n) is 4.62. The molecule has 0 radical (unpaired) electrons. The number of alkyl carbamates (subject to hydrolysis) is 1. The summed E-state index contributed by atoms with van der Waals surface area (Å²) in [6, 6.07) is 22.9. The van der Waals surface area contributed by atoms with Gasteiger partial charge in [-0.15, -0.1) is 0 Å². The van der Waals surface area contributed by atoms with E-state index in [1.807, 2.05) is 72.8 Å². The van der Waals surface area contributed by atoms with Crippen LogP contribution in [-0.4, -0.2) is 23.6 Å². The first-order valence-corrected chi connectivity index (χ1v) is 10.1. The van der Waals surface area contributed by atoms with Gasteiger partial charge in [-0.05, 0) is 42.7 Å². The van der Waals surface area contributed by atoms with Gasteiger partial charge >= 0.3 is 6.09 Å². The summed E-state index contributed by atoms with van der Waals surface area (Å²) in [6.07, 6.45) is -0.231. The second-order valence-corrected chi connectivity index (χ2v) is 8.24. The topological polar surface area (TPSA) is 67.4 Å². The molecule has 0 unspecified atom stereocenters. The van der Waals surface area contributed by atoms with E-state index in [-0.39, 0.29) is 5.91 Å². The van der Waals surface area contributed by atoms with Gasteiger partial charge in [-0.1, -0.05) is 72.8 Å². The van der Waals surface area contributed by atoms with E-state index in [0.717, 1.165) is 21.9 Å². The molecule has 0 heterocycles. The average molecular weight is 405 g/mol. The Morgan fingerprint density at radius 2 is 1.57 bits per heavy atom. The molecule has 3 aromatic rings. The molecule has 3 aromatic carbocycles. The lowest BCUT2D eigenvalue weighted by atomic mass is 10.0. The van der Waals surface area contributed by atoms with Crippen LogP contribution in [0.15, 0.2) is 72.8 Å². The van der Waals surface area contributed by atoms with Crippen LogP contribution in [-0.2, 0) is 22.5 Å². The molecule has 0 saturated carbocycles. The largest absolute Gasteiger partial charge is 0.444 e. The number of amides is 2. The zero-order chi connectivity index (χ0) is 21.6. The van der Waals surface area contributed by atoms with Gasteiger partial charge in [0.25, 0.3) is 0 Å². The summed E-state index contributed by atoms with van der Waals surface area (Å²) in [4.78, 5) is 25.3. The predicted molar refractivity (Wildman–Crippen MR) is 119 cm³/mol. The molecule has 2 N–H and O–H groups in total. The van der Waals surface area contributed by atoms with E-state index in [1.165, 1.54) is 0 Å². The minimum atomic E-state index is -0.739. The molecular formula is C25H28N2O3. The first-order chi connectivity index (χ1) is 14.3. The molecule has 0 aliphatic heterocycles. The van der Waals surface area contributed by atoms with Crippen molar-refractivity contribution < 1.29 is 14.3 Å². The fourth-order valence-corrected chi connectivity index (χ4v) is 3.26. The number of benzene rings is 3. The van der Waals surface area contributed by atoms with Crippen molar-refractivity contribution in [2.75, 3.05) is 0 Å². The van der Waals surface area contributed by atoms with Gasteiger partial charge in [0.15, 0.2) is 0 Å². The minimum absolute atomic E-state index is 0.252. The zero-order valence-corrected chi connectivity index (χ0v) is 17.6. The van der Waals surface area contributed by atoms with E-state index >= 15 is 0 Å². The first kappa shape index (κ1) is 21.4. The minimum Gasteiger partial charge on any atom is -0.444 e. The number of fused-ring (bicyclic) bond motifs is 1. The summed E-state index contributed by atoms with van der Waals surface area (Å²) < 4.78 is 5.35. The molecule has 30 heavy (non-hydrogen) atoms. The van der Waals surface area contributed by atoms with Gasteiger partial charge in [0.05, 0.1) is 0 Å². The monoisotopic (exact) mass is 404 g/mol. The fraction of sp³-hybridized carbons (Fsp3) is 0.280. The first-order valence-electron chi connectivity index (χ1n) is 10.1. The predicted octanol–water partition coefficient (Wildman–Crippen LogP) is 4.59. The van der Waals surface area contributed by atoms with Crippen LogP contribution in [0.3, 0.4) is 0 Å². The molecule has 5 nitrogen and oxygen atoms in total. The fourth-order valence-electron chi connectivity index (χ4n) is 3.26. The van der Waals surface area contributed by atoms with Crippen LogP contribution < -0.4 is 10.6 Å². The lowest BCUT2D eigenvalue weighted by Gasteiger charge is -2.23. The Morgan fingerprint density at radius 1 is 0.900 bits per heavy atom. The Labute approximate surface area is 177 Å². The van der Waals surface area contributed by atoms with Crippen molar-refractivity contribution in [1.29, 1.82) is 0 Å². The Balaban J connectivity index is 1.72. The summed E-state index contributed by atoms with van der Waals surface area (Å²) in [5.41, 5.74) is 1.34. The van der Waals surface area contributed by atoms with E-state index in [2.05, 4.69) is 10.6 Å². The third-order valence-corrected chi connectivity index (χ3v) is 4.62. The number of hydrogen-bond acceptors (Lipinski definition) is 3. The zero-order valence-electron chi connectivity index (χ0n) is 17.6. The molecule has 5 heteroatoms. The van der Waals surface area contributed by atoms with Gasteiger partial charge < -0.3 is 15.4 Å². The summed E-state index contributed by atoms with van der Waals surface area (Å²) in [6.45, 7) is 5.75. The second kappa shape index (κ2) is 9.44. The Kier molecular flexibility index (Phi) is 6.72. The van der Waals surface area contributed by atoms with Crippen LogP contribution in [0.25, 0.3) is 10.8 Å². The van der Waals surface area contributed by atoms with Gasteiger partial charge in [0.1, 0.15) is 11.6 Å². The van der Waals surface area contributed by atoms with Crippen molar-refractivity contribution in [3.05, 3.63) is 83.9 Å². The van der Waals surface area contributed by atoms with Gasteiger partial charge in [0.2, 0.25) is 5.91 Å². The maximum absolute atomic E-state index is 13.0. The molecule has 0 aliphatic rings. The molecule has 156 valence electrons. The molecule has 2 amide bonds. The second-order valence-electron chi connectivity index (χ2n) is 8.24. The van der Waals surface area contributed by atoms with Crippen LogP contribution in [0.2, 0.25) is 0 Å². The Morgan fingerprint density at radius 3 is 2.30 bits per heavy atom. The Hall–Kier alpha value is -3.34. The molecule has 0 bridgehead atoms. The number of ether oxygens (including phenoxy) is 1. The standard InChI is InChI=1S/C25H28N2O3/c1-25(2,3)30-24(29)27-22(16-18-10-5-4-6-11-18)23(28)26-17-20-14-9-13-19-12-7-8-15-21(19)20/h4-15,22H,16-17H2,1-3H3,(H,26,28)(H,27,29)/t22-/m0/s1. The lowest BCUT2D eigenvalue weighted by Crippen LogP contribution is -2.49. The van der Waals surface area contributed by atoms with Gasteiger partial charge in [0, 0.05) is 13.0 Å². The summed E-state index contributed by atoms with van der Waals surface area (Å²) in [7, 11) is 0. The van der Waals surface area contributed by atoms with Crippen LogP contribution in [0.5, 0.6) is 0 Å². The smallest absolute Gasteiger partial charge is 0.408 e. The van der Waals surface area contributed by atoms with E-state index in [4.69, 9.17) is 4.74 Å². The third kappa shape index (κ3) is 6.08. The van der Waals surface area contributed by atoms with Crippen molar-refractivity contribution in [3.63, 3.8) is 0 Å². The van der Waals surface area contributed by atoms with Crippen molar-refractivity contribution >= 4 is 22.8 Å². The molecule has 1 atom stereocenters. The van der Waals surface area contributed by atoms with Crippen molar-refractivity contribution in [2.24, 2.45) is 0 Å². The number of carbonyl (C=O) groups excluding carboxylic acids is 2. The number of rotatable bonds is 6. The number of nitrogens with one attached hydrogen (secondary N) is 2. The highest BCUT2D eigenvalue weighted by atomic mass is 16.6. The van der Waals surface area contributed by atoms with Gasteiger partial charge in [-0.3, -0.25) is 4.79 Å². The lowest BCUT2D eigenvalue weighted by molar-refractivity contribution is -0.123. The van der Waals surface area contributed by atoms with E-state index < -0.39 is 17.7 Å². The Bertz CT molecular complexity index is 1000. The van der Waals surface area contributed by atoms with Gasteiger partial charge in [-0.25, -0.2) is 4.79 Å². The number of carbonyl (C=O) groups is 2. The highest BCUT2D eigenvalue weighted by molar-refractivity contribution is 5.88. The number of hydrogen-bond donors (Lipinski definition) is 2. The summed E-state index contributed by atoms with van der Waals surface area (Å²) >= 11 is 0. The average Bonchev–Trinajstić information content (AvgIpc) is 2.71. The maximum atomic E-state index is 13.0. The van der Waals surface area contributed by atoms with E-state index in [9.17, 15) is 9.59 Å². The maximum Gasteiger partial charge on any atom is 0.408 e. The van der Waals surface area contributed by atoms with Crippen molar-refractivity contribution in [2.45, 2.75) is 45.4 Å². The van der Waals surface area contributed by atoms with Gasteiger partial charge in [-0.2, -0.15) is 0 Å². The van der Waals surface area contributed by atoms with Crippen LogP contribution in [0.4, 0.5) is 4.79 Å². The van der Waals surface area contributed by atoms with Crippen LogP contribution >= 0.6 is 0 Å². The molecular weight excluding hydrogens is 376 g/mol. The van der Waals surface area contributed by atoms with Crippen LogP contribution in [0, 0.1) is 0 Å². The molecule has 0 saturated heterocycles. The van der Waals surface area contributed by atoms with Crippen LogP contribution in [0.1, 0.15) is 31.9 Å². The highest BCUT2D eigenvalue weighted by Crippen LogP contribution is 2.18. The molecule has 3 rings (SSSR count). The molecule has 0 aromatic heterocycles. The summed E-state index contributed by atoms with van der Waals surface area (Å²) in [5, 5.41) is 7.91. The molecule has 0 spiro atoms. The SMILES string of the molecule is CC(C)(C)OC(=O)N[C@@H](Cc1ccccc1)C(=O)NCc1cccc2ccccc12. The molecule has 0 aliphatic carbocycles. The normalized spacial score (nSPS) is 12.2. The van der Waals surface area contributed by atoms with E-state index in [0.29, 0.717) is 13.0 Å².